The van der Waals surface area contributed by atoms with E-state index in [2.05, 4.69) is 10.3 Å². The first-order valence-corrected chi connectivity index (χ1v) is 8.87. The largest absolute Gasteiger partial charge is 0.493 e. The van der Waals surface area contributed by atoms with Crippen molar-refractivity contribution in [2.75, 3.05) is 19.5 Å². The molecule has 3 aromatic rings. The molecule has 27 heavy (non-hydrogen) atoms. The molecular formula is C20H18ClN3O3. The second-order valence-electron chi connectivity index (χ2n) is 6.18. The molecule has 0 saturated carbocycles. The molecule has 0 aliphatic carbocycles. The summed E-state index contributed by atoms with van der Waals surface area (Å²) in [5.74, 6) is 1.74. The van der Waals surface area contributed by atoms with Crippen molar-refractivity contribution >= 4 is 23.1 Å². The number of halogens is 1. The average molecular weight is 384 g/mol. The normalized spacial score (nSPS) is 12.1. The number of para-hydroxylation sites is 1. The summed E-state index contributed by atoms with van der Waals surface area (Å²) < 4.78 is 12.5. The molecule has 2 heterocycles. The van der Waals surface area contributed by atoms with Crippen molar-refractivity contribution < 1.29 is 9.47 Å². The maximum absolute atomic E-state index is 12.6. The lowest BCUT2D eigenvalue weighted by Crippen LogP contribution is -2.28. The molecule has 0 radical (unpaired) electrons. The number of hydrogen-bond donors (Lipinski definition) is 1. The number of fused-ring (bicyclic) bond motifs is 3. The minimum atomic E-state index is -0.303. The Morgan fingerprint density at radius 2 is 1.85 bits per heavy atom. The Bertz CT molecular complexity index is 1080. The van der Waals surface area contributed by atoms with Crippen LogP contribution in [0, 0.1) is 0 Å². The summed E-state index contributed by atoms with van der Waals surface area (Å²) in [6.07, 6.45) is 0.724. The van der Waals surface area contributed by atoms with Gasteiger partial charge >= 0.3 is 5.69 Å². The maximum atomic E-state index is 12.6. The smallest absolute Gasteiger partial charge is 0.350 e. The first-order chi connectivity index (χ1) is 13.1. The van der Waals surface area contributed by atoms with Gasteiger partial charge in [0, 0.05) is 18.2 Å². The highest BCUT2D eigenvalue weighted by atomic mass is 35.5. The third-order valence-corrected chi connectivity index (χ3v) is 4.97. The zero-order chi connectivity index (χ0) is 19.0. The van der Waals surface area contributed by atoms with Crippen molar-refractivity contribution in [3.63, 3.8) is 0 Å². The zero-order valence-electron chi connectivity index (χ0n) is 15.0. The molecule has 1 aliphatic rings. The molecule has 6 nitrogen and oxygen atoms in total. The fourth-order valence-electron chi connectivity index (χ4n) is 3.31. The Balaban J connectivity index is 1.83. The van der Waals surface area contributed by atoms with E-state index in [1.54, 1.807) is 24.9 Å². The van der Waals surface area contributed by atoms with Crippen LogP contribution in [0.4, 0.5) is 11.5 Å². The highest BCUT2D eigenvalue weighted by Gasteiger charge is 2.21. The Morgan fingerprint density at radius 3 is 2.59 bits per heavy atom. The molecule has 2 aromatic carbocycles. The number of benzene rings is 2. The molecule has 1 aromatic heterocycles. The number of nitrogens with one attached hydrogen (secondary N) is 1. The number of aromatic nitrogens is 2. The van der Waals surface area contributed by atoms with Gasteiger partial charge in [0.05, 0.1) is 30.6 Å². The highest BCUT2D eigenvalue weighted by molar-refractivity contribution is 6.33. The van der Waals surface area contributed by atoms with Gasteiger partial charge in [0.1, 0.15) is 5.82 Å². The highest BCUT2D eigenvalue weighted by Crippen LogP contribution is 2.38. The van der Waals surface area contributed by atoms with Gasteiger partial charge in [-0.05, 0) is 36.2 Å². The van der Waals surface area contributed by atoms with Crippen LogP contribution >= 0.6 is 11.6 Å². The SMILES string of the molecule is COc1cc2c(cc1OC)-c1cc(Nc3ccccc3Cl)nc(=O)n1CC2. The monoisotopic (exact) mass is 383 g/mol. The van der Waals surface area contributed by atoms with Crippen molar-refractivity contribution in [2.45, 2.75) is 13.0 Å². The summed E-state index contributed by atoms with van der Waals surface area (Å²) in [6.45, 7) is 0.565. The van der Waals surface area contributed by atoms with E-state index in [1.807, 2.05) is 36.4 Å². The number of nitrogens with zero attached hydrogens (tertiary/aromatic N) is 2. The molecular weight excluding hydrogens is 366 g/mol. The lowest BCUT2D eigenvalue weighted by Gasteiger charge is -2.23. The van der Waals surface area contributed by atoms with Crippen LogP contribution < -0.4 is 20.5 Å². The molecule has 4 rings (SSSR count). The van der Waals surface area contributed by atoms with E-state index in [-0.39, 0.29) is 5.69 Å². The molecule has 1 N–H and O–H groups in total. The van der Waals surface area contributed by atoms with Gasteiger partial charge in [-0.3, -0.25) is 4.57 Å². The van der Waals surface area contributed by atoms with E-state index in [1.165, 1.54) is 0 Å². The van der Waals surface area contributed by atoms with Crippen LogP contribution in [0.2, 0.25) is 5.02 Å². The minimum Gasteiger partial charge on any atom is -0.493 e. The van der Waals surface area contributed by atoms with Crippen LogP contribution in [0.25, 0.3) is 11.3 Å². The molecule has 0 fully saturated rings. The second kappa shape index (κ2) is 6.96. The third kappa shape index (κ3) is 3.13. The van der Waals surface area contributed by atoms with Crippen molar-refractivity contribution in [1.29, 1.82) is 0 Å². The summed E-state index contributed by atoms with van der Waals surface area (Å²) in [4.78, 5) is 16.7. The standard InChI is InChI=1S/C20H18ClN3O3/c1-26-17-9-12-7-8-24-16(13(12)10-18(17)27-2)11-19(23-20(24)25)22-15-6-4-3-5-14(15)21/h3-6,9-11H,7-8H2,1-2H3,(H,22,23,25). The first-order valence-electron chi connectivity index (χ1n) is 8.49. The zero-order valence-corrected chi connectivity index (χ0v) is 15.7. The van der Waals surface area contributed by atoms with Gasteiger partial charge in [0.15, 0.2) is 11.5 Å². The molecule has 1 aliphatic heterocycles. The Kier molecular flexibility index (Phi) is 4.49. The summed E-state index contributed by atoms with van der Waals surface area (Å²) in [5.41, 5.74) is 3.20. The molecule has 0 atom stereocenters. The van der Waals surface area contributed by atoms with Crippen LogP contribution in [0.15, 0.2) is 47.3 Å². The Hall–Kier alpha value is -2.99. The van der Waals surface area contributed by atoms with E-state index >= 15 is 0 Å². The average Bonchev–Trinajstić information content (AvgIpc) is 2.68. The molecule has 0 amide bonds. The summed E-state index contributed by atoms with van der Waals surface area (Å²) >= 11 is 6.21. The summed E-state index contributed by atoms with van der Waals surface area (Å²) in [7, 11) is 3.21. The van der Waals surface area contributed by atoms with Gasteiger partial charge in [-0.2, -0.15) is 4.98 Å². The quantitative estimate of drug-likeness (QED) is 0.740. The van der Waals surface area contributed by atoms with Gasteiger partial charge in [-0.15, -0.1) is 0 Å². The predicted molar refractivity (Wildman–Crippen MR) is 105 cm³/mol. The van der Waals surface area contributed by atoms with Crippen molar-refractivity contribution in [3.05, 3.63) is 63.5 Å². The number of ether oxygens (including phenoxy) is 2. The van der Waals surface area contributed by atoms with Crippen molar-refractivity contribution in [2.24, 2.45) is 0 Å². The number of anilines is 2. The molecule has 0 saturated heterocycles. The van der Waals surface area contributed by atoms with Crippen LogP contribution in [-0.4, -0.2) is 23.8 Å². The summed E-state index contributed by atoms with van der Waals surface area (Å²) in [5, 5.41) is 3.69. The number of hydrogen-bond acceptors (Lipinski definition) is 5. The second-order valence-corrected chi connectivity index (χ2v) is 6.59. The Morgan fingerprint density at radius 1 is 1.11 bits per heavy atom. The van der Waals surface area contributed by atoms with Crippen LogP contribution in [0.3, 0.4) is 0 Å². The minimum absolute atomic E-state index is 0.303. The van der Waals surface area contributed by atoms with E-state index in [4.69, 9.17) is 21.1 Å². The Labute approximate surface area is 161 Å². The van der Waals surface area contributed by atoms with Crippen LogP contribution in [0.1, 0.15) is 5.56 Å². The predicted octanol–water partition coefficient (Wildman–Crippen LogP) is 3.88. The number of methoxy groups -OCH3 is 2. The third-order valence-electron chi connectivity index (χ3n) is 4.64. The lowest BCUT2D eigenvalue weighted by molar-refractivity contribution is 0.354. The fraction of sp³-hybridized carbons (Fsp3) is 0.200. The van der Waals surface area contributed by atoms with E-state index in [0.717, 1.165) is 23.2 Å². The number of rotatable bonds is 4. The molecule has 0 bridgehead atoms. The fourth-order valence-corrected chi connectivity index (χ4v) is 3.49. The van der Waals surface area contributed by atoms with E-state index < -0.39 is 0 Å². The van der Waals surface area contributed by atoms with Crippen LogP contribution in [-0.2, 0) is 13.0 Å². The van der Waals surface area contributed by atoms with Crippen molar-refractivity contribution in [3.8, 4) is 22.8 Å². The molecule has 0 unspecified atom stereocenters. The van der Waals surface area contributed by atoms with E-state index in [0.29, 0.717) is 34.6 Å². The molecule has 138 valence electrons. The number of aryl methyl sites for hydroxylation is 1. The van der Waals surface area contributed by atoms with E-state index in [9.17, 15) is 4.79 Å². The van der Waals surface area contributed by atoms with Gasteiger partial charge < -0.3 is 14.8 Å². The van der Waals surface area contributed by atoms with Crippen molar-refractivity contribution in [1.82, 2.24) is 9.55 Å². The van der Waals surface area contributed by atoms with Gasteiger partial charge in [-0.25, -0.2) is 4.79 Å². The lowest BCUT2D eigenvalue weighted by atomic mass is 9.97. The van der Waals surface area contributed by atoms with Gasteiger partial charge in [0.25, 0.3) is 0 Å². The maximum Gasteiger partial charge on any atom is 0.350 e. The molecule has 0 spiro atoms. The summed E-state index contributed by atoms with van der Waals surface area (Å²) in [6, 6.07) is 13.0. The van der Waals surface area contributed by atoms with Gasteiger partial charge in [-0.1, -0.05) is 23.7 Å². The van der Waals surface area contributed by atoms with Crippen LogP contribution in [0.5, 0.6) is 11.5 Å². The molecule has 7 heteroatoms. The first kappa shape index (κ1) is 17.4. The topological polar surface area (TPSA) is 65.4 Å². The van der Waals surface area contributed by atoms with Gasteiger partial charge in [0.2, 0.25) is 0 Å².